The number of nitrogens with zero attached hydrogens (tertiary/aromatic N) is 3. The van der Waals surface area contributed by atoms with E-state index in [0.717, 1.165) is 43.4 Å². The lowest BCUT2D eigenvalue weighted by molar-refractivity contribution is -0.143. The van der Waals surface area contributed by atoms with Gasteiger partial charge < -0.3 is 15.2 Å². The van der Waals surface area contributed by atoms with Crippen molar-refractivity contribution in [1.29, 1.82) is 10.5 Å². The molecule has 2 aromatic rings. The summed E-state index contributed by atoms with van der Waals surface area (Å²) in [4.78, 5) is 18.2. The van der Waals surface area contributed by atoms with Crippen molar-refractivity contribution in [1.82, 2.24) is 4.98 Å². The first-order chi connectivity index (χ1) is 17.8. The highest BCUT2D eigenvalue weighted by atomic mass is 35.5. The predicted octanol–water partition coefficient (Wildman–Crippen LogP) is 5.68. The first kappa shape index (κ1) is 26.6. The number of nitrogens with two attached hydrogens (primary N) is 1. The van der Waals surface area contributed by atoms with Crippen LogP contribution in [0.3, 0.4) is 0 Å². The Hall–Kier alpha value is -3.46. The smallest absolute Gasteiger partial charge is 0.338 e. The van der Waals surface area contributed by atoms with E-state index in [1.165, 1.54) is 11.8 Å². The van der Waals surface area contributed by atoms with Crippen molar-refractivity contribution in [2.24, 2.45) is 5.73 Å². The Bertz CT molecular complexity index is 1370. The van der Waals surface area contributed by atoms with E-state index in [4.69, 9.17) is 31.8 Å². The molecule has 1 aromatic heterocycles. The molecule has 2 heterocycles. The van der Waals surface area contributed by atoms with Gasteiger partial charge >= 0.3 is 5.97 Å². The van der Waals surface area contributed by atoms with Crippen molar-refractivity contribution in [3.8, 4) is 12.1 Å². The Morgan fingerprint density at radius 2 is 2.00 bits per heavy atom. The summed E-state index contributed by atoms with van der Waals surface area (Å²) < 4.78 is 11.4. The van der Waals surface area contributed by atoms with E-state index >= 15 is 0 Å². The van der Waals surface area contributed by atoms with Crippen molar-refractivity contribution in [2.45, 2.75) is 63.0 Å². The molecule has 37 heavy (non-hydrogen) atoms. The zero-order valence-electron chi connectivity index (χ0n) is 20.7. The fourth-order valence-corrected chi connectivity index (χ4v) is 5.72. The molecule has 0 fully saturated rings. The van der Waals surface area contributed by atoms with E-state index in [0.29, 0.717) is 21.2 Å². The van der Waals surface area contributed by atoms with Crippen LogP contribution in [0.1, 0.15) is 61.4 Å². The van der Waals surface area contributed by atoms with Gasteiger partial charge in [-0.25, -0.2) is 9.78 Å². The molecular weight excluding hydrogens is 508 g/mol. The van der Waals surface area contributed by atoms with E-state index < -0.39 is 18.0 Å². The van der Waals surface area contributed by atoms with Gasteiger partial charge in [0.2, 0.25) is 5.88 Å². The van der Waals surface area contributed by atoms with Gasteiger partial charge in [-0.3, -0.25) is 0 Å². The average molecular weight is 535 g/mol. The number of hydrogen-bond acceptors (Lipinski definition) is 8. The maximum Gasteiger partial charge on any atom is 0.338 e. The molecule has 1 atom stereocenters. The highest BCUT2D eigenvalue weighted by Gasteiger charge is 2.39. The summed E-state index contributed by atoms with van der Waals surface area (Å²) in [6, 6.07) is 13.3. The number of allylic oxidation sites excluding steroid dienone is 1. The number of aryl methyl sites for hydroxylation is 2. The van der Waals surface area contributed by atoms with E-state index in [2.05, 4.69) is 12.1 Å². The van der Waals surface area contributed by atoms with Crippen molar-refractivity contribution in [3.05, 3.63) is 80.5 Å². The number of carbonyl (C=O) groups is 1. The monoisotopic (exact) mass is 534 g/mol. The van der Waals surface area contributed by atoms with Crippen LogP contribution in [0.5, 0.6) is 0 Å². The van der Waals surface area contributed by atoms with Gasteiger partial charge in [0.1, 0.15) is 28.5 Å². The van der Waals surface area contributed by atoms with Gasteiger partial charge in [-0.15, -0.1) is 0 Å². The van der Waals surface area contributed by atoms with Crippen LogP contribution in [0.4, 0.5) is 0 Å². The van der Waals surface area contributed by atoms with Gasteiger partial charge in [0.05, 0.1) is 28.9 Å². The number of carbonyl (C=O) groups excluding carboxylic acids is 1. The van der Waals surface area contributed by atoms with Crippen LogP contribution in [0.15, 0.2) is 58.1 Å². The third-order valence-electron chi connectivity index (χ3n) is 6.25. The largest absolute Gasteiger partial charge is 0.459 e. The van der Waals surface area contributed by atoms with Gasteiger partial charge in [-0.2, -0.15) is 10.5 Å². The summed E-state index contributed by atoms with van der Waals surface area (Å²) >= 11 is 7.80. The molecule has 0 spiro atoms. The SMILES string of the molecule is CC(C)OC(=O)C1=C(CSc2nc3c(cc2C#N)CCCCC3)OC(N)=C(C#N)[C@H]1c1ccccc1Cl. The van der Waals surface area contributed by atoms with Gasteiger partial charge in [0.15, 0.2) is 0 Å². The molecule has 1 aromatic carbocycles. The number of halogens is 1. The summed E-state index contributed by atoms with van der Waals surface area (Å²) in [5.74, 6) is -1.17. The lowest BCUT2D eigenvalue weighted by Crippen LogP contribution is -2.28. The summed E-state index contributed by atoms with van der Waals surface area (Å²) in [5.41, 5.74) is 9.59. The molecule has 0 saturated carbocycles. The second-order valence-corrected chi connectivity index (χ2v) is 10.5. The van der Waals surface area contributed by atoms with E-state index in [-0.39, 0.29) is 28.5 Å². The number of aromatic nitrogens is 1. The number of thioether (sulfide) groups is 1. The Morgan fingerprint density at radius 3 is 2.70 bits per heavy atom. The number of rotatable bonds is 6. The van der Waals surface area contributed by atoms with Crippen molar-refractivity contribution >= 4 is 29.3 Å². The second kappa shape index (κ2) is 11.7. The standard InChI is InChI=1S/C28H27ClN4O3S/c1-16(2)35-28(34)25-23(36-26(32)20(14-31)24(25)19-9-6-7-10-21(19)29)15-37-27-18(13-30)12-17-8-4-3-5-11-22(17)33-27/h6-7,9-10,12,16,24H,3-5,8,11,15,32H2,1-2H3/t24-/m1/s1. The fourth-order valence-electron chi connectivity index (χ4n) is 4.56. The molecule has 0 bridgehead atoms. The minimum Gasteiger partial charge on any atom is -0.459 e. The molecule has 1 aliphatic heterocycles. The quantitative estimate of drug-likeness (QED) is 0.285. The van der Waals surface area contributed by atoms with E-state index in [1.807, 2.05) is 6.07 Å². The van der Waals surface area contributed by atoms with E-state index in [1.54, 1.807) is 38.1 Å². The zero-order valence-corrected chi connectivity index (χ0v) is 22.3. The van der Waals surface area contributed by atoms with Gasteiger partial charge in [-0.05, 0) is 62.8 Å². The number of ether oxygens (including phenoxy) is 2. The average Bonchev–Trinajstić information content (AvgIpc) is 3.11. The first-order valence-corrected chi connectivity index (χ1v) is 13.5. The molecule has 0 saturated heterocycles. The molecule has 2 aliphatic rings. The number of benzene rings is 1. The van der Waals surface area contributed by atoms with Crippen LogP contribution in [0.2, 0.25) is 5.02 Å². The summed E-state index contributed by atoms with van der Waals surface area (Å²) in [6.07, 6.45) is 4.68. The molecular formula is C28H27ClN4O3S. The highest BCUT2D eigenvalue weighted by molar-refractivity contribution is 7.99. The fraction of sp³-hybridized carbons (Fsp3) is 0.357. The summed E-state index contributed by atoms with van der Waals surface area (Å²) in [6.45, 7) is 3.49. The number of esters is 1. The molecule has 2 N–H and O–H groups in total. The van der Waals surface area contributed by atoms with Crippen molar-refractivity contribution in [2.75, 3.05) is 5.75 Å². The maximum absolute atomic E-state index is 13.4. The third kappa shape index (κ3) is 5.77. The normalized spacial score (nSPS) is 17.4. The van der Waals surface area contributed by atoms with Crippen LogP contribution in [-0.2, 0) is 27.1 Å². The Labute approximate surface area is 225 Å². The predicted molar refractivity (Wildman–Crippen MR) is 141 cm³/mol. The summed E-state index contributed by atoms with van der Waals surface area (Å²) in [5, 5.41) is 20.7. The first-order valence-electron chi connectivity index (χ1n) is 12.2. The zero-order chi connectivity index (χ0) is 26.5. The Balaban J connectivity index is 1.78. The van der Waals surface area contributed by atoms with Crippen molar-refractivity contribution in [3.63, 3.8) is 0 Å². The van der Waals surface area contributed by atoms with Gasteiger partial charge in [0, 0.05) is 10.7 Å². The van der Waals surface area contributed by atoms with Gasteiger partial charge in [-0.1, -0.05) is 48.0 Å². The maximum atomic E-state index is 13.4. The number of pyridine rings is 1. The summed E-state index contributed by atoms with van der Waals surface area (Å²) in [7, 11) is 0. The number of fused-ring (bicyclic) bond motifs is 1. The van der Waals surface area contributed by atoms with Crippen LogP contribution in [0, 0.1) is 22.7 Å². The molecule has 0 radical (unpaired) electrons. The topological polar surface area (TPSA) is 122 Å². The lowest BCUT2D eigenvalue weighted by atomic mass is 9.83. The van der Waals surface area contributed by atoms with Crippen LogP contribution in [-0.4, -0.2) is 22.8 Å². The van der Waals surface area contributed by atoms with Crippen LogP contribution < -0.4 is 5.73 Å². The number of hydrogen-bond donors (Lipinski definition) is 1. The molecule has 0 unspecified atom stereocenters. The molecule has 4 rings (SSSR count). The lowest BCUT2D eigenvalue weighted by Gasteiger charge is -2.29. The Kier molecular flexibility index (Phi) is 8.43. The Morgan fingerprint density at radius 1 is 1.24 bits per heavy atom. The molecule has 190 valence electrons. The molecule has 9 heteroatoms. The molecule has 0 amide bonds. The van der Waals surface area contributed by atoms with Gasteiger partial charge in [0.25, 0.3) is 0 Å². The second-order valence-electron chi connectivity index (χ2n) is 9.15. The van der Waals surface area contributed by atoms with Crippen LogP contribution >= 0.6 is 23.4 Å². The molecule has 7 nitrogen and oxygen atoms in total. The third-order valence-corrected chi connectivity index (χ3v) is 7.59. The van der Waals surface area contributed by atoms with Crippen LogP contribution in [0.25, 0.3) is 0 Å². The molecule has 1 aliphatic carbocycles. The van der Waals surface area contributed by atoms with Crippen molar-refractivity contribution < 1.29 is 14.3 Å². The van der Waals surface area contributed by atoms with E-state index in [9.17, 15) is 15.3 Å². The number of nitriles is 2. The minimum absolute atomic E-state index is 0.0819. The minimum atomic E-state index is -0.857. The highest BCUT2D eigenvalue weighted by Crippen LogP contribution is 2.43.